The van der Waals surface area contributed by atoms with Crippen molar-refractivity contribution in [3.8, 4) is 11.3 Å². The van der Waals surface area contributed by atoms with Crippen LogP contribution in [0, 0.1) is 5.92 Å². The molecule has 0 unspecified atom stereocenters. The third-order valence-corrected chi connectivity index (χ3v) is 6.09. The molecule has 0 aliphatic heterocycles. The van der Waals surface area contributed by atoms with Gasteiger partial charge in [-0.05, 0) is 30.9 Å². The summed E-state index contributed by atoms with van der Waals surface area (Å²) in [5.74, 6) is 0.278. The quantitative estimate of drug-likeness (QED) is 0.625. The minimum atomic E-state index is -0.257. The number of fused-ring (bicyclic) bond motifs is 3. The Balaban J connectivity index is 1.81. The van der Waals surface area contributed by atoms with Gasteiger partial charge in [0.1, 0.15) is 0 Å². The minimum Gasteiger partial charge on any atom is -0.383 e. The van der Waals surface area contributed by atoms with E-state index in [0.717, 1.165) is 30.6 Å². The van der Waals surface area contributed by atoms with E-state index in [1.807, 2.05) is 6.20 Å². The zero-order chi connectivity index (χ0) is 20.4. The standard InChI is InChI=1S/C21H25N5O2S/c1-14(2)13-26-17-4-5-18-19(16(17)12-23-26)25(10-11-28-3)21(29-18)24-20(27)15-6-8-22-9-7-15/h6-9,12,14H,4-5,10-11,13H2,1-3H3. The summed E-state index contributed by atoms with van der Waals surface area (Å²) in [5.41, 5.74) is 4.08. The Morgan fingerprint density at radius 2 is 2.10 bits per heavy atom. The van der Waals surface area contributed by atoms with Crippen molar-refractivity contribution < 1.29 is 9.53 Å². The van der Waals surface area contributed by atoms with Gasteiger partial charge in [0.25, 0.3) is 5.91 Å². The summed E-state index contributed by atoms with van der Waals surface area (Å²) in [4.78, 5) is 23.0. The van der Waals surface area contributed by atoms with E-state index >= 15 is 0 Å². The number of hydrogen-bond acceptors (Lipinski definition) is 5. The van der Waals surface area contributed by atoms with Gasteiger partial charge in [0.15, 0.2) is 4.80 Å². The number of ether oxygens (including phenoxy) is 1. The second-order valence-electron chi connectivity index (χ2n) is 7.53. The van der Waals surface area contributed by atoms with Crippen molar-refractivity contribution >= 4 is 17.2 Å². The van der Waals surface area contributed by atoms with Crippen molar-refractivity contribution in [1.29, 1.82) is 0 Å². The fourth-order valence-electron chi connectivity index (χ4n) is 3.65. The highest BCUT2D eigenvalue weighted by Crippen LogP contribution is 2.35. The van der Waals surface area contributed by atoms with Gasteiger partial charge < -0.3 is 9.30 Å². The van der Waals surface area contributed by atoms with Crippen molar-refractivity contribution in [1.82, 2.24) is 19.3 Å². The molecule has 8 heteroatoms. The molecule has 0 atom stereocenters. The van der Waals surface area contributed by atoms with Crippen LogP contribution in [0.15, 0.2) is 35.7 Å². The lowest BCUT2D eigenvalue weighted by Crippen LogP contribution is -2.21. The number of rotatable bonds is 6. The van der Waals surface area contributed by atoms with Gasteiger partial charge in [0, 0.05) is 54.3 Å². The number of thiazole rings is 1. The fourth-order valence-corrected chi connectivity index (χ4v) is 4.81. The molecular weight excluding hydrogens is 386 g/mol. The topological polar surface area (TPSA) is 74.3 Å². The van der Waals surface area contributed by atoms with Crippen molar-refractivity contribution in [2.45, 2.75) is 39.8 Å². The summed E-state index contributed by atoms with van der Waals surface area (Å²) in [6.07, 6.45) is 7.06. The van der Waals surface area contributed by atoms with E-state index in [1.165, 1.54) is 10.6 Å². The molecule has 0 N–H and O–H groups in total. The monoisotopic (exact) mass is 411 g/mol. The lowest BCUT2D eigenvalue weighted by Gasteiger charge is -2.17. The predicted octanol–water partition coefficient (Wildman–Crippen LogP) is 2.95. The SMILES string of the molecule is COCCn1c2c(sc1=NC(=O)c1ccncc1)CCc1c-2cnn1CC(C)C. The molecule has 1 aliphatic rings. The first kappa shape index (κ1) is 19.7. The van der Waals surface area contributed by atoms with Crippen molar-refractivity contribution in [3.05, 3.63) is 51.7 Å². The van der Waals surface area contributed by atoms with Crippen molar-refractivity contribution in [2.75, 3.05) is 13.7 Å². The number of pyridine rings is 1. The molecule has 7 nitrogen and oxygen atoms in total. The molecule has 0 saturated heterocycles. The fraction of sp³-hybridized carbons (Fsp3) is 0.429. The Labute approximate surface area is 173 Å². The van der Waals surface area contributed by atoms with Crippen LogP contribution in [0.4, 0.5) is 0 Å². The van der Waals surface area contributed by atoms with Crippen molar-refractivity contribution in [3.63, 3.8) is 0 Å². The first-order valence-electron chi connectivity index (χ1n) is 9.84. The molecule has 1 aliphatic carbocycles. The average Bonchev–Trinajstić information content (AvgIpc) is 3.27. The van der Waals surface area contributed by atoms with E-state index < -0.39 is 0 Å². The summed E-state index contributed by atoms with van der Waals surface area (Å²) in [5, 5.41) is 4.65. The predicted molar refractivity (Wildman–Crippen MR) is 112 cm³/mol. The molecule has 0 bridgehead atoms. The van der Waals surface area contributed by atoms with Gasteiger partial charge in [-0.2, -0.15) is 10.1 Å². The zero-order valence-corrected chi connectivity index (χ0v) is 17.8. The molecule has 3 aromatic heterocycles. The number of carbonyl (C=O) groups is 1. The molecule has 1 amide bonds. The molecule has 152 valence electrons. The Hall–Kier alpha value is -2.58. The maximum absolute atomic E-state index is 12.7. The molecule has 0 aromatic carbocycles. The first-order chi connectivity index (χ1) is 14.1. The van der Waals surface area contributed by atoms with E-state index in [1.54, 1.807) is 43.0 Å². The van der Waals surface area contributed by atoms with Gasteiger partial charge in [-0.1, -0.05) is 13.8 Å². The largest absolute Gasteiger partial charge is 0.383 e. The molecule has 0 spiro atoms. The third kappa shape index (κ3) is 3.95. The lowest BCUT2D eigenvalue weighted by atomic mass is 9.99. The Kier molecular flexibility index (Phi) is 5.73. The molecule has 29 heavy (non-hydrogen) atoms. The number of aryl methyl sites for hydroxylation is 1. The van der Waals surface area contributed by atoms with Crippen LogP contribution in [0.25, 0.3) is 11.3 Å². The molecule has 3 heterocycles. The highest BCUT2D eigenvalue weighted by atomic mass is 32.1. The van der Waals surface area contributed by atoms with Crippen LogP contribution in [0.2, 0.25) is 0 Å². The van der Waals surface area contributed by atoms with E-state index in [-0.39, 0.29) is 5.91 Å². The average molecular weight is 412 g/mol. The summed E-state index contributed by atoms with van der Waals surface area (Å²) in [6.45, 7) is 6.50. The zero-order valence-electron chi connectivity index (χ0n) is 17.0. The van der Waals surface area contributed by atoms with Crippen LogP contribution in [0.3, 0.4) is 0 Å². The Bertz CT molecular complexity index is 1080. The number of methoxy groups -OCH3 is 1. The Morgan fingerprint density at radius 1 is 1.31 bits per heavy atom. The maximum atomic E-state index is 12.7. The Morgan fingerprint density at radius 3 is 2.83 bits per heavy atom. The van der Waals surface area contributed by atoms with Crippen LogP contribution in [0.1, 0.15) is 34.8 Å². The van der Waals surface area contributed by atoms with Crippen LogP contribution in [0.5, 0.6) is 0 Å². The second kappa shape index (κ2) is 8.42. The van der Waals surface area contributed by atoms with Gasteiger partial charge in [-0.15, -0.1) is 11.3 Å². The molecule has 4 rings (SSSR count). The molecule has 0 fully saturated rings. The first-order valence-corrected chi connectivity index (χ1v) is 10.7. The number of amides is 1. The van der Waals surface area contributed by atoms with Crippen LogP contribution in [-0.2, 0) is 30.7 Å². The molecule has 0 saturated carbocycles. The maximum Gasteiger partial charge on any atom is 0.279 e. The number of hydrogen-bond donors (Lipinski definition) is 0. The number of aromatic nitrogens is 4. The smallest absolute Gasteiger partial charge is 0.279 e. The van der Waals surface area contributed by atoms with Crippen molar-refractivity contribution in [2.24, 2.45) is 10.9 Å². The van der Waals surface area contributed by atoms with Crippen LogP contribution < -0.4 is 4.80 Å². The van der Waals surface area contributed by atoms with Gasteiger partial charge in [0.05, 0.1) is 18.5 Å². The van der Waals surface area contributed by atoms with E-state index in [2.05, 4.69) is 38.2 Å². The lowest BCUT2D eigenvalue weighted by molar-refractivity contribution is 0.0997. The van der Waals surface area contributed by atoms with Gasteiger partial charge in [0.2, 0.25) is 0 Å². The molecule has 3 aromatic rings. The van der Waals surface area contributed by atoms with Crippen LogP contribution in [-0.4, -0.2) is 39.0 Å². The number of carbonyl (C=O) groups excluding carboxylic acids is 1. The summed E-state index contributed by atoms with van der Waals surface area (Å²) < 4.78 is 9.56. The second-order valence-corrected chi connectivity index (χ2v) is 8.60. The number of nitrogens with zero attached hydrogens (tertiary/aromatic N) is 5. The minimum absolute atomic E-state index is 0.257. The molecule has 0 radical (unpaired) electrons. The van der Waals surface area contributed by atoms with E-state index in [0.29, 0.717) is 29.4 Å². The van der Waals surface area contributed by atoms with E-state index in [9.17, 15) is 4.79 Å². The molecular formula is C21H25N5O2S. The van der Waals surface area contributed by atoms with E-state index in [4.69, 9.17) is 4.74 Å². The third-order valence-electron chi connectivity index (χ3n) is 4.95. The van der Waals surface area contributed by atoms with Crippen LogP contribution >= 0.6 is 11.3 Å². The van der Waals surface area contributed by atoms with Gasteiger partial charge >= 0.3 is 0 Å². The summed E-state index contributed by atoms with van der Waals surface area (Å²) in [7, 11) is 1.68. The van der Waals surface area contributed by atoms with Gasteiger partial charge in [-0.3, -0.25) is 14.5 Å². The highest BCUT2D eigenvalue weighted by molar-refractivity contribution is 7.09. The van der Waals surface area contributed by atoms with Gasteiger partial charge in [-0.25, -0.2) is 0 Å². The summed E-state index contributed by atoms with van der Waals surface area (Å²) >= 11 is 1.59. The summed E-state index contributed by atoms with van der Waals surface area (Å²) in [6, 6.07) is 3.37. The highest BCUT2D eigenvalue weighted by Gasteiger charge is 2.26. The normalized spacial score (nSPS) is 13.6.